The van der Waals surface area contributed by atoms with E-state index in [2.05, 4.69) is 41.4 Å². The predicted octanol–water partition coefficient (Wildman–Crippen LogP) is 16.7. The maximum Gasteiger partial charge on any atom is 0.342 e. The van der Waals surface area contributed by atoms with Crippen molar-refractivity contribution in [3.8, 4) is 46.0 Å². The molecule has 34 heteroatoms. The lowest BCUT2D eigenvalue weighted by Gasteiger charge is -2.38. The molecule has 2 unspecified atom stereocenters. The minimum absolute atomic E-state index is 0.0200. The number of cyclic esters (lactones) is 4. The molecule has 0 bridgehead atoms. The van der Waals surface area contributed by atoms with Crippen LogP contribution >= 0.6 is 23.2 Å². The molecule has 0 radical (unpaired) electrons. The Balaban J connectivity index is 0.000000202. The molecule has 4 amide bonds. The fourth-order valence-electron chi connectivity index (χ4n) is 16.0. The Hall–Kier alpha value is -12.6. The van der Waals surface area contributed by atoms with E-state index < -0.39 is 35.4 Å². The van der Waals surface area contributed by atoms with Crippen molar-refractivity contribution in [1.29, 1.82) is 0 Å². The Morgan fingerprint density at radius 3 is 0.896 bits per heavy atom. The summed E-state index contributed by atoms with van der Waals surface area (Å²) in [6.45, 7) is 14.8. The number of nitrogens with zero attached hydrogens (tertiary/aromatic N) is 8. The number of hydrogen-bond acceptors (Lipinski definition) is 28. The molecule has 730 valence electrons. The van der Waals surface area contributed by atoms with Gasteiger partial charge in [0.2, 0.25) is 0 Å². The first kappa shape index (κ1) is 106. The molecule has 4 aromatic carbocycles. The molecule has 0 saturated carbocycles. The van der Waals surface area contributed by atoms with E-state index in [1.807, 2.05) is 91.7 Å². The summed E-state index contributed by atoms with van der Waals surface area (Å²) in [6.07, 6.45) is 48.0. The second kappa shape index (κ2) is 55.9. The number of ether oxygens (including phenoxy) is 4. The lowest BCUT2D eigenvalue weighted by molar-refractivity contribution is -0.142. The number of oxime groups is 4. The molecular weight excluding hydrogens is 1780 g/mol. The second-order valence-corrected chi connectivity index (χ2v) is 35.2. The van der Waals surface area contributed by atoms with Gasteiger partial charge in [-0.3, -0.25) is 19.2 Å². The summed E-state index contributed by atoms with van der Waals surface area (Å²) in [6, 6.07) is 7.34. The number of piperidine rings is 4. The van der Waals surface area contributed by atoms with Gasteiger partial charge in [0.1, 0.15) is 68.2 Å². The molecule has 2 atom stereocenters. The second-order valence-electron chi connectivity index (χ2n) is 34.4. The molecule has 4 saturated heterocycles. The number of allylic oxidation sites excluding steroid dienone is 12. The molecule has 8 aliphatic heterocycles. The number of phenolic OH excluding ortho intramolecular Hbond substituents is 8. The van der Waals surface area contributed by atoms with Gasteiger partial charge >= 0.3 is 23.9 Å². The Kier molecular flexibility index (Phi) is 44.0. The number of carbonyl (C=O) groups excluding carboxylic acids is 8. The number of esters is 4. The third-order valence-electron chi connectivity index (χ3n) is 23.6. The number of fused-ring (bicyclic) bond motifs is 4. The van der Waals surface area contributed by atoms with Crippen molar-refractivity contribution in [1.82, 2.24) is 19.6 Å². The average molecular weight is 1910 g/mol. The van der Waals surface area contributed by atoms with Crippen molar-refractivity contribution < 1.29 is 118 Å². The minimum atomic E-state index is -0.751. The third kappa shape index (κ3) is 34.7. The normalized spacial score (nSPS) is 22.3. The zero-order valence-corrected chi connectivity index (χ0v) is 79.1. The zero-order chi connectivity index (χ0) is 97.1. The molecule has 4 aromatic rings. The Bertz CT molecular complexity index is 4940. The average Bonchev–Trinajstić information content (AvgIpc) is 0.795. The van der Waals surface area contributed by atoms with Gasteiger partial charge in [0.05, 0.1) is 59.3 Å². The van der Waals surface area contributed by atoms with Gasteiger partial charge < -0.3 is 98.7 Å². The van der Waals surface area contributed by atoms with Crippen molar-refractivity contribution in [3.05, 3.63) is 188 Å². The standard InChI is InChI=1S/C26H34N2O6.2C25H31ClN2O6.C25H32N2O6/c1-18-10-9-11-19(2)28(18)24(31)17-34-27-21-12-7-5-3-4-6-8-13-33-26(32)25-20(14-21)15-22(29)16-23(25)30;2*1-17-9-11-28(12-10-17)22(31)16-34-27-18-8-6-4-2-3-5-7-13-33-25(32)23-19(14-18)24(26)21(30)15-20(23)29;1-18-9-11-27(12-10-18)23(30)17-33-26-20-8-6-4-2-3-5-7-13-32-25(31)24-19(14-20)15-21(28)16-22(24)29/h4,6-7,12,15-16,18-19,29-30H,3,5,8-11,13-14,17H2,1-2H3;2*3,5-6,8,15,17,29-30H,2,4,7,9-14,16H2,1H3;3,5-6,8,15-16,18,28-29H,2,4,7,9-14,17H2,1H3/b6-4+,12-7+,27-21+;5-3+,8-6+,27-18+;5-3+,8-6+,27-18-;5-3+,8-6+,26-20-. The minimum Gasteiger partial charge on any atom is -0.508 e. The highest BCUT2D eigenvalue weighted by Gasteiger charge is 2.33. The van der Waals surface area contributed by atoms with Crippen LogP contribution in [0.4, 0.5) is 0 Å². The van der Waals surface area contributed by atoms with E-state index in [0.717, 1.165) is 147 Å². The number of likely N-dealkylation sites (tertiary alicyclic amines) is 4. The van der Waals surface area contributed by atoms with Gasteiger partial charge in [-0.05, 0) is 225 Å². The Morgan fingerprint density at radius 1 is 0.333 bits per heavy atom. The van der Waals surface area contributed by atoms with Crippen LogP contribution in [0.3, 0.4) is 0 Å². The highest BCUT2D eigenvalue weighted by molar-refractivity contribution is 6.34. The summed E-state index contributed by atoms with van der Waals surface area (Å²) in [4.78, 5) is 129. The van der Waals surface area contributed by atoms with Crippen LogP contribution in [0, 0.1) is 17.8 Å². The fourth-order valence-corrected chi connectivity index (χ4v) is 16.4. The summed E-state index contributed by atoms with van der Waals surface area (Å²) in [5, 5.41) is 97.9. The smallest absolute Gasteiger partial charge is 0.342 e. The number of amides is 4. The van der Waals surface area contributed by atoms with Crippen LogP contribution in [0.15, 0.2) is 154 Å². The topological polar surface area (TPSA) is 435 Å². The van der Waals surface area contributed by atoms with Crippen molar-refractivity contribution in [3.63, 3.8) is 0 Å². The number of halogens is 2. The maximum atomic E-state index is 12.7. The van der Waals surface area contributed by atoms with Crippen LogP contribution in [0.5, 0.6) is 46.0 Å². The van der Waals surface area contributed by atoms with Crippen molar-refractivity contribution >= 4 is 93.6 Å². The van der Waals surface area contributed by atoms with E-state index in [0.29, 0.717) is 104 Å². The van der Waals surface area contributed by atoms with Gasteiger partial charge in [0.25, 0.3) is 23.6 Å². The van der Waals surface area contributed by atoms with Gasteiger partial charge in [-0.15, -0.1) is 0 Å². The number of aromatic hydroxyl groups is 8. The quantitative estimate of drug-likeness (QED) is 0.0283. The molecule has 0 aromatic heterocycles. The van der Waals surface area contributed by atoms with E-state index in [1.54, 1.807) is 39.0 Å². The van der Waals surface area contributed by atoms with Crippen LogP contribution in [0.2, 0.25) is 10.0 Å². The van der Waals surface area contributed by atoms with Crippen molar-refractivity contribution in [2.75, 3.05) is 92.1 Å². The van der Waals surface area contributed by atoms with Gasteiger partial charge in [0, 0.05) is 101 Å². The van der Waals surface area contributed by atoms with Gasteiger partial charge in [-0.25, -0.2) is 19.2 Å². The van der Waals surface area contributed by atoms with Crippen LogP contribution in [0.25, 0.3) is 0 Å². The van der Waals surface area contributed by atoms with E-state index in [4.69, 9.17) is 61.5 Å². The van der Waals surface area contributed by atoms with Gasteiger partial charge in [-0.2, -0.15) is 0 Å². The molecular formula is C101H128Cl2N8O24. The first-order valence-electron chi connectivity index (χ1n) is 46.4. The largest absolute Gasteiger partial charge is 0.508 e. The number of phenols is 8. The van der Waals surface area contributed by atoms with E-state index in [-0.39, 0.29) is 192 Å². The monoisotopic (exact) mass is 1910 g/mol. The van der Waals surface area contributed by atoms with E-state index in [9.17, 15) is 79.2 Å². The van der Waals surface area contributed by atoms with Crippen LogP contribution in [-0.2, 0) is 83.2 Å². The first-order valence-corrected chi connectivity index (χ1v) is 47.2. The molecule has 8 N–H and O–H groups in total. The Morgan fingerprint density at radius 2 is 0.593 bits per heavy atom. The molecule has 135 heavy (non-hydrogen) atoms. The summed E-state index contributed by atoms with van der Waals surface area (Å²) in [5.74, 6) is -4.21. The lowest BCUT2D eigenvalue weighted by Crippen LogP contribution is -2.48. The van der Waals surface area contributed by atoms with E-state index >= 15 is 0 Å². The summed E-state index contributed by atoms with van der Waals surface area (Å²) >= 11 is 12.6. The highest BCUT2D eigenvalue weighted by Crippen LogP contribution is 2.40. The Labute approximate surface area is 798 Å². The summed E-state index contributed by atoms with van der Waals surface area (Å²) in [5.41, 5.74) is 2.39. The van der Waals surface area contributed by atoms with Gasteiger partial charge in [0.15, 0.2) is 26.4 Å². The molecule has 8 aliphatic rings. The molecule has 4 fully saturated rings. The molecule has 8 heterocycles. The summed E-state index contributed by atoms with van der Waals surface area (Å²) < 4.78 is 21.1. The lowest BCUT2D eigenvalue weighted by atomic mass is 9.97. The fraction of sp³-hybridized carbons (Fsp3) is 0.485. The molecule has 32 nitrogen and oxygen atoms in total. The van der Waals surface area contributed by atoms with E-state index in [1.165, 1.54) is 12.1 Å². The highest BCUT2D eigenvalue weighted by atomic mass is 35.5. The molecule has 12 rings (SSSR count). The van der Waals surface area contributed by atoms with Crippen molar-refractivity contribution in [2.24, 2.45) is 38.4 Å². The maximum absolute atomic E-state index is 12.7. The number of carbonyl (C=O) groups is 8. The number of rotatable bonds is 12. The van der Waals surface area contributed by atoms with Crippen molar-refractivity contribution in [2.45, 2.75) is 207 Å². The zero-order valence-electron chi connectivity index (χ0n) is 77.6. The van der Waals surface area contributed by atoms with Crippen LogP contribution in [-0.4, -0.2) is 235 Å². The first-order chi connectivity index (χ1) is 65.0. The van der Waals surface area contributed by atoms with Crippen LogP contribution < -0.4 is 0 Å². The van der Waals surface area contributed by atoms with Gasteiger partial charge in [-0.1, -0.05) is 138 Å². The predicted molar refractivity (Wildman–Crippen MR) is 512 cm³/mol. The number of benzene rings is 4. The molecule has 0 spiro atoms. The van der Waals surface area contributed by atoms with Crippen LogP contribution in [0.1, 0.15) is 233 Å². The SMILES string of the molecule is CC1CCCC(C)N1C(=O)CO/N=C1\C=C\CC/C=C/CCOC(=O)c2c(O)cc(O)cc2C1.CC1CCN(C(=O)CO/N=C2/C=C/CC/C=C/CCOC(=O)c3c(O)cc(O)c(Cl)c3C2)CC1.CC1CCN(C(=O)CO/N=C2/C=C/CC/C=C/CCOC(=O)c3c(O)cc(O)cc3C2)CC1.CC1CCN(C(=O)CO/N=C2\C=C\CC/C=C/CCOC(=O)c3c(O)cc(O)c(Cl)c3C2)CC1. The third-order valence-corrected chi connectivity index (χ3v) is 24.5. The summed E-state index contributed by atoms with van der Waals surface area (Å²) in [7, 11) is 0. The molecule has 0 aliphatic carbocycles. The number of hydrogen-bond donors (Lipinski definition) is 8.